The Kier molecular flexibility index (Phi) is 3.92. The quantitative estimate of drug-likeness (QED) is 0.758. The van der Waals surface area contributed by atoms with Crippen molar-refractivity contribution in [3.05, 3.63) is 53.1 Å². The molecule has 3 rings (SSSR count). The van der Waals surface area contributed by atoms with Gasteiger partial charge in [-0.2, -0.15) is 0 Å². The van der Waals surface area contributed by atoms with E-state index in [1.807, 2.05) is 24.3 Å². The predicted octanol–water partition coefficient (Wildman–Crippen LogP) is 2.42. The number of aromatic hydroxyl groups is 2. The van der Waals surface area contributed by atoms with Crippen LogP contribution in [0.15, 0.2) is 36.4 Å². The van der Waals surface area contributed by atoms with E-state index in [1.54, 1.807) is 13.2 Å². The van der Waals surface area contributed by atoms with E-state index in [0.29, 0.717) is 18.5 Å². The normalized spacial score (nSPS) is 20.5. The summed E-state index contributed by atoms with van der Waals surface area (Å²) in [7, 11) is 1.61. The fraction of sp³-hybridized carbons (Fsp3) is 0.294. The van der Waals surface area contributed by atoms with E-state index in [9.17, 15) is 10.2 Å². The summed E-state index contributed by atoms with van der Waals surface area (Å²) in [5.74, 6) is 0.532. The van der Waals surface area contributed by atoms with Gasteiger partial charge in [-0.3, -0.25) is 0 Å². The van der Waals surface area contributed by atoms with Crippen molar-refractivity contribution in [1.82, 2.24) is 0 Å². The molecule has 0 saturated carbocycles. The molecule has 0 radical (unpaired) electrons. The number of rotatable bonds is 3. The minimum absolute atomic E-state index is 0.0906. The molecule has 0 aromatic heterocycles. The van der Waals surface area contributed by atoms with Gasteiger partial charge >= 0.3 is 0 Å². The fourth-order valence-corrected chi connectivity index (χ4v) is 2.88. The molecular weight excluding hydrogens is 282 g/mol. The lowest BCUT2D eigenvalue weighted by atomic mass is 9.90. The van der Waals surface area contributed by atoms with E-state index in [-0.39, 0.29) is 23.7 Å². The summed E-state index contributed by atoms with van der Waals surface area (Å²) in [6.07, 6.45) is -0.0884. The lowest BCUT2D eigenvalue weighted by Crippen LogP contribution is -2.25. The van der Waals surface area contributed by atoms with Crippen molar-refractivity contribution in [3.63, 3.8) is 0 Å². The van der Waals surface area contributed by atoms with Gasteiger partial charge in [0.05, 0.1) is 19.3 Å². The van der Waals surface area contributed by atoms with Crippen molar-refractivity contribution >= 4 is 0 Å². The molecule has 5 heteroatoms. The largest absolute Gasteiger partial charge is 0.504 e. The molecule has 4 N–H and O–H groups in total. The molecule has 5 nitrogen and oxygen atoms in total. The van der Waals surface area contributed by atoms with Crippen molar-refractivity contribution in [3.8, 4) is 17.2 Å². The summed E-state index contributed by atoms with van der Waals surface area (Å²) in [5.41, 5.74) is 8.28. The first kappa shape index (κ1) is 14.7. The molecule has 0 fully saturated rings. The van der Waals surface area contributed by atoms with Gasteiger partial charge in [-0.25, -0.2) is 0 Å². The summed E-state index contributed by atoms with van der Waals surface area (Å²) in [6, 6.07) is 10.8. The highest BCUT2D eigenvalue weighted by atomic mass is 16.5. The second-order valence-corrected chi connectivity index (χ2v) is 5.33. The van der Waals surface area contributed by atoms with E-state index < -0.39 is 0 Å². The molecule has 0 aliphatic carbocycles. The third-order valence-electron chi connectivity index (χ3n) is 4.04. The van der Waals surface area contributed by atoms with Gasteiger partial charge < -0.3 is 25.4 Å². The Balaban J connectivity index is 2.01. The SMILES string of the molecule is COc1cccc(C2Cc3c(ccc(O)c3O)C(CN)O2)c1. The smallest absolute Gasteiger partial charge is 0.161 e. The van der Waals surface area contributed by atoms with Gasteiger partial charge in [0.25, 0.3) is 0 Å². The summed E-state index contributed by atoms with van der Waals surface area (Å²) in [4.78, 5) is 0. The first-order chi connectivity index (χ1) is 10.6. The number of ether oxygens (including phenoxy) is 2. The number of hydrogen-bond donors (Lipinski definition) is 3. The molecule has 22 heavy (non-hydrogen) atoms. The van der Waals surface area contributed by atoms with Crippen molar-refractivity contribution in [1.29, 1.82) is 0 Å². The van der Waals surface area contributed by atoms with Crippen molar-refractivity contribution in [2.75, 3.05) is 13.7 Å². The van der Waals surface area contributed by atoms with Gasteiger partial charge in [-0.05, 0) is 29.3 Å². The van der Waals surface area contributed by atoms with E-state index in [0.717, 1.165) is 16.9 Å². The van der Waals surface area contributed by atoms with Gasteiger partial charge in [0.15, 0.2) is 11.5 Å². The van der Waals surface area contributed by atoms with E-state index in [2.05, 4.69) is 0 Å². The molecule has 2 aromatic rings. The van der Waals surface area contributed by atoms with Crippen molar-refractivity contribution in [2.45, 2.75) is 18.6 Å². The summed E-state index contributed by atoms with van der Waals surface area (Å²) in [6.45, 7) is 0.303. The van der Waals surface area contributed by atoms with Gasteiger partial charge in [-0.1, -0.05) is 18.2 Å². The Hall–Kier alpha value is -2.24. The maximum atomic E-state index is 10.2. The Morgan fingerprint density at radius 2 is 2.09 bits per heavy atom. The fourth-order valence-electron chi connectivity index (χ4n) is 2.88. The van der Waals surface area contributed by atoms with Crippen LogP contribution in [0, 0.1) is 0 Å². The summed E-state index contributed by atoms with van der Waals surface area (Å²) < 4.78 is 11.3. The van der Waals surface area contributed by atoms with Crippen molar-refractivity contribution in [2.24, 2.45) is 5.73 Å². The molecule has 0 spiro atoms. The Bertz CT molecular complexity index is 686. The van der Waals surface area contributed by atoms with Crippen LogP contribution in [0.1, 0.15) is 28.9 Å². The highest BCUT2D eigenvalue weighted by Gasteiger charge is 2.30. The molecule has 0 saturated heterocycles. The Morgan fingerprint density at radius 1 is 1.27 bits per heavy atom. The van der Waals surface area contributed by atoms with Gasteiger partial charge in [0.1, 0.15) is 5.75 Å². The molecule has 116 valence electrons. The molecule has 2 aromatic carbocycles. The predicted molar refractivity (Wildman–Crippen MR) is 82.1 cm³/mol. The highest BCUT2D eigenvalue weighted by Crippen LogP contribution is 2.43. The molecule has 2 unspecified atom stereocenters. The van der Waals surface area contributed by atoms with Crippen LogP contribution in [0.3, 0.4) is 0 Å². The monoisotopic (exact) mass is 301 g/mol. The van der Waals surface area contributed by atoms with Gasteiger partial charge in [0, 0.05) is 18.5 Å². The second kappa shape index (κ2) is 5.87. The summed E-state index contributed by atoms with van der Waals surface area (Å²) in [5, 5.41) is 19.9. The zero-order valence-corrected chi connectivity index (χ0v) is 12.3. The molecular formula is C17H19NO4. The molecule has 0 amide bonds. The first-order valence-corrected chi connectivity index (χ1v) is 7.17. The maximum absolute atomic E-state index is 10.2. The van der Waals surface area contributed by atoms with Crippen LogP contribution in [0.25, 0.3) is 0 Å². The number of fused-ring (bicyclic) bond motifs is 1. The van der Waals surface area contributed by atoms with E-state index in [1.165, 1.54) is 6.07 Å². The standard InChI is InChI=1S/C17H19NO4/c1-21-11-4-2-3-10(7-11)15-8-13-12(16(9-18)22-15)5-6-14(19)17(13)20/h2-7,15-16,19-20H,8-9,18H2,1H3. The molecule has 1 heterocycles. The van der Waals surface area contributed by atoms with Crippen LogP contribution in [-0.4, -0.2) is 23.9 Å². The third kappa shape index (κ3) is 2.49. The molecule has 2 atom stereocenters. The first-order valence-electron chi connectivity index (χ1n) is 7.17. The number of phenolic OH excluding ortho intramolecular Hbond substituents is 2. The Labute approximate surface area is 128 Å². The lowest BCUT2D eigenvalue weighted by molar-refractivity contribution is -0.0231. The number of methoxy groups -OCH3 is 1. The maximum Gasteiger partial charge on any atom is 0.161 e. The van der Waals surface area contributed by atoms with Gasteiger partial charge in [-0.15, -0.1) is 0 Å². The number of hydrogen-bond acceptors (Lipinski definition) is 5. The third-order valence-corrected chi connectivity index (χ3v) is 4.04. The van der Waals surface area contributed by atoms with Crippen LogP contribution < -0.4 is 10.5 Å². The second-order valence-electron chi connectivity index (χ2n) is 5.33. The van der Waals surface area contributed by atoms with Gasteiger partial charge in [0.2, 0.25) is 0 Å². The zero-order chi connectivity index (χ0) is 15.7. The molecule has 1 aliphatic rings. The topological polar surface area (TPSA) is 84.9 Å². The minimum Gasteiger partial charge on any atom is -0.504 e. The van der Waals surface area contributed by atoms with Crippen LogP contribution in [0.5, 0.6) is 17.2 Å². The average molecular weight is 301 g/mol. The molecule has 0 bridgehead atoms. The van der Waals surface area contributed by atoms with E-state index >= 15 is 0 Å². The zero-order valence-electron chi connectivity index (χ0n) is 12.3. The number of benzene rings is 2. The van der Waals surface area contributed by atoms with Crippen LogP contribution in [0.2, 0.25) is 0 Å². The minimum atomic E-state index is -0.313. The Morgan fingerprint density at radius 3 is 2.82 bits per heavy atom. The van der Waals surface area contributed by atoms with Crippen LogP contribution >= 0.6 is 0 Å². The average Bonchev–Trinajstić information content (AvgIpc) is 2.57. The van der Waals surface area contributed by atoms with Crippen LogP contribution in [0.4, 0.5) is 0 Å². The van der Waals surface area contributed by atoms with E-state index in [4.69, 9.17) is 15.2 Å². The lowest BCUT2D eigenvalue weighted by Gasteiger charge is -2.32. The van der Waals surface area contributed by atoms with Crippen molar-refractivity contribution < 1.29 is 19.7 Å². The highest BCUT2D eigenvalue weighted by molar-refractivity contribution is 5.51. The van der Waals surface area contributed by atoms with Crippen LogP contribution in [-0.2, 0) is 11.2 Å². The number of phenols is 2. The molecule has 1 aliphatic heterocycles. The summed E-state index contributed by atoms with van der Waals surface area (Å²) >= 11 is 0. The number of nitrogens with two attached hydrogens (primary N) is 1.